The van der Waals surface area contributed by atoms with E-state index in [0.29, 0.717) is 10.6 Å². The Labute approximate surface area is 111 Å². The number of imidazole rings is 1. The molecule has 0 spiro atoms. The molecule has 92 valence electrons. The van der Waals surface area contributed by atoms with Crippen molar-refractivity contribution in [3.8, 4) is 6.07 Å². The molecule has 1 heterocycles. The van der Waals surface area contributed by atoms with Crippen LogP contribution in [0.15, 0.2) is 36.9 Å². The van der Waals surface area contributed by atoms with Crippen LogP contribution in [0.1, 0.15) is 12.0 Å². The summed E-state index contributed by atoms with van der Waals surface area (Å²) in [4.78, 5) is 3.98. The Balaban J connectivity index is 1.87. The van der Waals surface area contributed by atoms with Gasteiger partial charge in [-0.25, -0.2) is 4.98 Å². The molecule has 0 atom stereocenters. The molecule has 1 N–H and O–H groups in total. The van der Waals surface area contributed by atoms with Gasteiger partial charge in [0, 0.05) is 25.5 Å². The lowest BCUT2D eigenvalue weighted by molar-refractivity contribution is 0.661. The first kappa shape index (κ1) is 12.5. The highest BCUT2D eigenvalue weighted by Gasteiger charge is 2.04. The molecule has 0 aliphatic carbocycles. The van der Waals surface area contributed by atoms with Crippen LogP contribution in [0.5, 0.6) is 0 Å². The van der Waals surface area contributed by atoms with Crippen molar-refractivity contribution < 1.29 is 0 Å². The third-order valence-electron chi connectivity index (χ3n) is 2.59. The number of nitrogens with one attached hydrogen (secondary N) is 1. The van der Waals surface area contributed by atoms with E-state index in [2.05, 4.69) is 16.4 Å². The predicted molar refractivity (Wildman–Crippen MR) is 71.5 cm³/mol. The molecular weight excluding hydrogens is 248 g/mol. The highest BCUT2D eigenvalue weighted by atomic mass is 35.5. The van der Waals surface area contributed by atoms with Crippen molar-refractivity contribution >= 4 is 17.3 Å². The summed E-state index contributed by atoms with van der Waals surface area (Å²) in [5.74, 6) is 0. The van der Waals surface area contributed by atoms with Crippen molar-refractivity contribution in [3.63, 3.8) is 0 Å². The van der Waals surface area contributed by atoms with E-state index < -0.39 is 0 Å². The van der Waals surface area contributed by atoms with Crippen molar-refractivity contribution in [1.29, 1.82) is 5.26 Å². The van der Waals surface area contributed by atoms with Crippen LogP contribution < -0.4 is 5.32 Å². The van der Waals surface area contributed by atoms with E-state index in [1.54, 1.807) is 18.6 Å². The molecule has 2 rings (SSSR count). The molecule has 4 nitrogen and oxygen atoms in total. The van der Waals surface area contributed by atoms with Crippen molar-refractivity contribution in [2.75, 3.05) is 11.9 Å². The monoisotopic (exact) mass is 260 g/mol. The SMILES string of the molecule is N#Cc1c(Cl)cccc1NCCCn1ccnc1. The molecule has 2 aromatic rings. The Bertz CT molecular complexity index is 543. The average molecular weight is 261 g/mol. The van der Waals surface area contributed by atoms with Crippen LogP contribution in [0.2, 0.25) is 5.02 Å². The summed E-state index contributed by atoms with van der Waals surface area (Å²) in [5, 5.41) is 12.7. The third kappa shape index (κ3) is 3.02. The van der Waals surface area contributed by atoms with E-state index in [0.717, 1.165) is 25.2 Å². The fraction of sp³-hybridized carbons (Fsp3) is 0.231. The van der Waals surface area contributed by atoms with Crippen LogP contribution >= 0.6 is 11.6 Å². The second kappa shape index (κ2) is 6.08. The second-order valence-electron chi connectivity index (χ2n) is 3.86. The number of nitriles is 1. The van der Waals surface area contributed by atoms with Crippen LogP contribution in [-0.2, 0) is 6.54 Å². The van der Waals surface area contributed by atoms with Gasteiger partial charge in [0.1, 0.15) is 6.07 Å². The maximum atomic E-state index is 9.02. The summed E-state index contributed by atoms with van der Waals surface area (Å²) in [6, 6.07) is 7.53. The van der Waals surface area contributed by atoms with Crippen LogP contribution in [0.3, 0.4) is 0 Å². The van der Waals surface area contributed by atoms with Gasteiger partial charge < -0.3 is 9.88 Å². The fourth-order valence-corrected chi connectivity index (χ4v) is 1.91. The van der Waals surface area contributed by atoms with E-state index in [4.69, 9.17) is 16.9 Å². The van der Waals surface area contributed by atoms with E-state index in [1.807, 2.05) is 22.9 Å². The van der Waals surface area contributed by atoms with Gasteiger partial charge in [-0.2, -0.15) is 5.26 Å². The summed E-state index contributed by atoms with van der Waals surface area (Å²) < 4.78 is 2.02. The Morgan fingerprint density at radius 2 is 2.33 bits per heavy atom. The zero-order valence-corrected chi connectivity index (χ0v) is 10.6. The molecule has 1 aromatic carbocycles. The normalized spacial score (nSPS) is 10.0. The number of hydrogen-bond donors (Lipinski definition) is 1. The maximum Gasteiger partial charge on any atom is 0.103 e. The Hall–Kier alpha value is -1.99. The Morgan fingerprint density at radius 1 is 1.44 bits per heavy atom. The van der Waals surface area contributed by atoms with Gasteiger partial charge in [-0.1, -0.05) is 17.7 Å². The number of halogens is 1. The number of aromatic nitrogens is 2. The lowest BCUT2D eigenvalue weighted by Crippen LogP contribution is -2.06. The molecule has 18 heavy (non-hydrogen) atoms. The van der Waals surface area contributed by atoms with Gasteiger partial charge in [0.2, 0.25) is 0 Å². The predicted octanol–water partition coefficient (Wildman–Crippen LogP) is 2.91. The molecule has 0 bridgehead atoms. The Kier molecular flexibility index (Phi) is 4.21. The van der Waals surface area contributed by atoms with Crippen LogP contribution in [0.4, 0.5) is 5.69 Å². The molecule has 0 unspecified atom stereocenters. The largest absolute Gasteiger partial charge is 0.384 e. The lowest BCUT2D eigenvalue weighted by Gasteiger charge is -2.09. The smallest absolute Gasteiger partial charge is 0.103 e. The first-order valence-corrected chi connectivity index (χ1v) is 6.07. The number of aryl methyl sites for hydroxylation is 1. The molecule has 0 saturated heterocycles. The van der Waals surface area contributed by atoms with Crippen molar-refractivity contribution in [3.05, 3.63) is 47.5 Å². The minimum absolute atomic E-state index is 0.483. The number of hydrogen-bond acceptors (Lipinski definition) is 3. The third-order valence-corrected chi connectivity index (χ3v) is 2.91. The van der Waals surface area contributed by atoms with E-state index in [-0.39, 0.29) is 0 Å². The molecule has 1 aromatic heterocycles. The number of nitrogens with zero attached hydrogens (tertiary/aromatic N) is 3. The first-order valence-electron chi connectivity index (χ1n) is 5.69. The summed E-state index contributed by atoms with van der Waals surface area (Å²) in [6.45, 7) is 1.68. The van der Waals surface area contributed by atoms with E-state index in [9.17, 15) is 0 Å². The van der Waals surface area contributed by atoms with E-state index >= 15 is 0 Å². The van der Waals surface area contributed by atoms with Crippen molar-refractivity contribution in [2.24, 2.45) is 0 Å². The quantitative estimate of drug-likeness (QED) is 0.841. The van der Waals surface area contributed by atoms with Gasteiger partial charge in [-0.05, 0) is 18.6 Å². The zero-order chi connectivity index (χ0) is 12.8. The number of benzene rings is 1. The van der Waals surface area contributed by atoms with Gasteiger partial charge in [-0.15, -0.1) is 0 Å². The number of rotatable bonds is 5. The molecule has 0 aliphatic heterocycles. The molecular formula is C13H13ClN4. The van der Waals surface area contributed by atoms with Crippen LogP contribution in [0, 0.1) is 11.3 Å². The summed E-state index contributed by atoms with van der Waals surface area (Å²) in [5.41, 5.74) is 1.29. The minimum Gasteiger partial charge on any atom is -0.384 e. The standard InChI is InChI=1S/C13H13ClN4/c14-12-3-1-4-13(11(12)9-15)17-5-2-7-18-8-6-16-10-18/h1,3-4,6,8,10,17H,2,5,7H2. The molecule has 5 heteroatoms. The average Bonchev–Trinajstić information content (AvgIpc) is 2.88. The number of anilines is 1. The van der Waals surface area contributed by atoms with Crippen molar-refractivity contribution in [2.45, 2.75) is 13.0 Å². The Morgan fingerprint density at radius 3 is 3.06 bits per heavy atom. The fourth-order valence-electron chi connectivity index (χ4n) is 1.69. The minimum atomic E-state index is 0.483. The molecule has 0 aliphatic rings. The molecule has 0 saturated carbocycles. The van der Waals surface area contributed by atoms with Crippen LogP contribution in [0.25, 0.3) is 0 Å². The molecule has 0 fully saturated rings. The first-order chi connectivity index (χ1) is 8.81. The maximum absolute atomic E-state index is 9.02. The van der Waals surface area contributed by atoms with E-state index in [1.165, 1.54) is 0 Å². The van der Waals surface area contributed by atoms with Crippen LogP contribution in [-0.4, -0.2) is 16.1 Å². The second-order valence-corrected chi connectivity index (χ2v) is 4.26. The molecule has 0 amide bonds. The van der Waals surface area contributed by atoms with Gasteiger partial charge >= 0.3 is 0 Å². The van der Waals surface area contributed by atoms with Crippen molar-refractivity contribution in [1.82, 2.24) is 9.55 Å². The highest BCUT2D eigenvalue weighted by molar-refractivity contribution is 6.32. The summed E-state index contributed by atoms with van der Waals surface area (Å²) >= 11 is 5.95. The molecule has 0 radical (unpaired) electrons. The van der Waals surface area contributed by atoms with Gasteiger partial charge in [0.05, 0.1) is 22.6 Å². The topological polar surface area (TPSA) is 53.6 Å². The zero-order valence-electron chi connectivity index (χ0n) is 9.81. The summed E-state index contributed by atoms with van der Waals surface area (Å²) in [6.07, 6.45) is 6.44. The van der Waals surface area contributed by atoms with Gasteiger partial charge in [-0.3, -0.25) is 0 Å². The highest BCUT2D eigenvalue weighted by Crippen LogP contribution is 2.23. The van der Waals surface area contributed by atoms with Gasteiger partial charge in [0.25, 0.3) is 0 Å². The summed E-state index contributed by atoms with van der Waals surface area (Å²) in [7, 11) is 0. The van der Waals surface area contributed by atoms with Gasteiger partial charge in [0.15, 0.2) is 0 Å². The lowest BCUT2D eigenvalue weighted by atomic mass is 10.2.